The van der Waals surface area contributed by atoms with Gasteiger partial charge in [0.1, 0.15) is 24.4 Å². The Kier molecular flexibility index (Phi) is 27.2. The molecule has 0 aromatic carbocycles. The Morgan fingerprint density at radius 3 is 1.47 bits per heavy atom. The van der Waals surface area contributed by atoms with Gasteiger partial charge in [0.25, 0.3) is 0 Å². The SMILES string of the molecule is CCCCCCCC/C=C\CCCCCCCC(=O)N(CCCCCCCCCCCCCC)[C@@H]1O[C@H](CO)[C@@H](O)[C@H](O)[C@H]1O. The highest BCUT2D eigenvalue weighted by Crippen LogP contribution is 2.25. The van der Waals surface area contributed by atoms with Crippen LogP contribution in [-0.4, -0.2) is 75.0 Å². The number of ether oxygens (including phenoxy) is 1. The third-order valence-electron chi connectivity index (χ3n) is 9.40. The lowest BCUT2D eigenvalue weighted by atomic mass is 9.97. The normalized spacial score (nSPS) is 22.0. The fourth-order valence-corrected chi connectivity index (χ4v) is 6.35. The second kappa shape index (κ2) is 29.2. The van der Waals surface area contributed by atoms with Gasteiger partial charge in [-0.05, 0) is 38.5 Å². The summed E-state index contributed by atoms with van der Waals surface area (Å²) in [7, 11) is 0. The van der Waals surface area contributed by atoms with Gasteiger partial charge in [0.15, 0.2) is 6.23 Å². The molecule has 1 fully saturated rings. The maximum atomic E-state index is 13.4. The fraction of sp³-hybridized carbons (Fsp3) is 0.921. The largest absolute Gasteiger partial charge is 0.394 e. The Labute approximate surface area is 277 Å². The van der Waals surface area contributed by atoms with Crippen LogP contribution in [0, 0.1) is 0 Å². The van der Waals surface area contributed by atoms with Gasteiger partial charge in [0.05, 0.1) is 6.61 Å². The van der Waals surface area contributed by atoms with Crippen molar-refractivity contribution in [3.8, 4) is 0 Å². The van der Waals surface area contributed by atoms with Crippen LogP contribution in [0.15, 0.2) is 12.2 Å². The standard InChI is InChI=1S/C38H73NO6/c1-3-5-7-9-11-13-15-17-18-19-20-22-24-26-28-30-34(41)39(38-37(44)36(43)35(42)33(32-40)45-38)31-29-27-25-23-21-16-14-12-10-8-6-4-2/h17-18,33,35-38,40,42-44H,3-16,19-32H2,1-2H3/b18-17-/t33-,35-,36+,37-,38-/m1/s1. The molecule has 1 rings (SSSR count). The zero-order valence-corrected chi connectivity index (χ0v) is 29.4. The van der Waals surface area contributed by atoms with Crippen molar-refractivity contribution in [1.82, 2.24) is 4.90 Å². The number of amides is 1. The van der Waals surface area contributed by atoms with Crippen molar-refractivity contribution in [2.24, 2.45) is 0 Å². The van der Waals surface area contributed by atoms with Crippen molar-refractivity contribution in [3.05, 3.63) is 12.2 Å². The van der Waals surface area contributed by atoms with Crippen molar-refractivity contribution in [1.29, 1.82) is 0 Å². The van der Waals surface area contributed by atoms with Crippen LogP contribution in [0.5, 0.6) is 0 Å². The van der Waals surface area contributed by atoms with Gasteiger partial charge < -0.3 is 30.1 Å². The minimum absolute atomic E-state index is 0.0972. The summed E-state index contributed by atoms with van der Waals surface area (Å²) in [5.41, 5.74) is 0. The fourth-order valence-electron chi connectivity index (χ4n) is 6.35. The average Bonchev–Trinajstić information content (AvgIpc) is 3.04. The molecule has 1 aliphatic rings. The first-order valence-electron chi connectivity index (χ1n) is 19.2. The Morgan fingerprint density at radius 1 is 0.578 bits per heavy atom. The first-order chi connectivity index (χ1) is 22.0. The number of carbonyl (C=O) groups is 1. The smallest absolute Gasteiger partial charge is 0.224 e. The lowest BCUT2D eigenvalue weighted by Gasteiger charge is -2.44. The molecule has 4 N–H and O–H groups in total. The lowest BCUT2D eigenvalue weighted by Crippen LogP contribution is -2.64. The van der Waals surface area contributed by atoms with Crippen LogP contribution in [0.4, 0.5) is 0 Å². The molecule has 0 bridgehead atoms. The second-order valence-corrected chi connectivity index (χ2v) is 13.5. The molecule has 1 saturated heterocycles. The summed E-state index contributed by atoms with van der Waals surface area (Å²) >= 11 is 0. The molecule has 0 aliphatic carbocycles. The topological polar surface area (TPSA) is 110 Å². The van der Waals surface area contributed by atoms with E-state index in [1.165, 1.54) is 109 Å². The molecule has 7 heteroatoms. The zero-order chi connectivity index (χ0) is 33.0. The highest BCUT2D eigenvalue weighted by atomic mass is 16.6. The molecule has 1 aliphatic heterocycles. The van der Waals surface area contributed by atoms with Gasteiger partial charge in [-0.15, -0.1) is 0 Å². The monoisotopic (exact) mass is 640 g/mol. The van der Waals surface area contributed by atoms with E-state index < -0.39 is 37.3 Å². The Morgan fingerprint density at radius 2 is 1.00 bits per heavy atom. The molecule has 0 unspecified atom stereocenters. The van der Waals surface area contributed by atoms with Gasteiger partial charge in [-0.3, -0.25) is 4.79 Å². The van der Waals surface area contributed by atoms with Crippen molar-refractivity contribution >= 4 is 5.91 Å². The Bertz CT molecular complexity index is 702. The number of carbonyl (C=O) groups excluding carboxylic acids is 1. The lowest BCUT2D eigenvalue weighted by molar-refractivity contribution is -0.262. The molecular formula is C38H73NO6. The van der Waals surface area contributed by atoms with Gasteiger partial charge >= 0.3 is 0 Å². The van der Waals surface area contributed by atoms with Crippen LogP contribution in [0.25, 0.3) is 0 Å². The molecule has 0 aromatic rings. The number of aliphatic hydroxyl groups excluding tert-OH is 4. The average molecular weight is 640 g/mol. The molecule has 7 nitrogen and oxygen atoms in total. The zero-order valence-electron chi connectivity index (χ0n) is 29.4. The van der Waals surface area contributed by atoms with Crippen LogP contribution in [0.1, 0.15) is 181 Å². The summed E-state index contributed by atoms with van der Waals surface area (Å²) in [6.45, 7) is 4.45. The molecule has 45 heavy (non-hydrogen) atoms. The van der Waals surface area contributed by atoms with E-state index in [0.717, 1.165) is 51.4 Å². The van der Waals surface area contributed by atoms with Gasteiger partial charge in [-0.2, -0.15) is 0 Å². The third kappa shape index (κ3) is 20.1. The van der Waals surface area contributed by atoms with E-state index in [-0.39, 0.29) is 5.91 Å². The van der Waals surface area contributed by atoms with E-state index in [0.29, 0.717) is 13.0 Å². The highest BCUT2D eigenvalue weighted by molar-refractivity contribution is 5.76. The van der Waals surface area contributed by atoms with E-state index in [9.17, 15) is 25.2 Å². The predicted octanol–water partition coefficient (Wildman–Crippen LogP) is 8.35. The van der Waals surface area contributed by atoms with Gasteiger partial charge in [0, 0.05) is 13.0 Å². The molecule has 1 heterocycles. The van der Waals surface area contributed by atoms with E-state index in [2.05, 4.69) is 26.0 Å². The minimum atomic E-state index is -1.47. The molecular weight excluding hydrogens is 566 g/mol. The van der Waals surface area contributed by atoms with Crippen LogP contribution in [0.2, 0.25) is 0 Å². The first-order valence-corrected chi connectivity index (χ1v) is 19.2. The summed E-state index contributed by atoms with van der Waals surface area (Å²) in [5, 5.41) is 41.0. The number of nitrogens with zero attached hydrogens (tertiary/aromatic N) is 1. The summed E-state index contributed by atoms with van der Waals surface area (Å²) in [6, 6.07) is 0. The first kappa shape index (κ1) is 42.0. The van der Waals surface area contributed by atoms with Gasteiger partial charge in [0.2, 0.25) is 5.91 Å². The maximum Gasteiger partial charge on any atom is 0.224 e. The van der Waals surface area contributed by atoms with Gasteiger partial charge in [-0.1, -0.05) is 148 Å². The third-order valence-corrected chi connectivity index (χ3v) is 9.40. The van der Waals surface area contributed by atoms with E-state index in [1.807, 2.05) is 0 Å². The number of aliphatic hydroxyl groups is 4. The van der Waals surface area contributed by atoms with E-state index in [4.69, 9.17) is 4.74 Å². The molecule has 0 aromatic heterocycles. The summed E-state index contributed by atoms with van der Waals surface area (Å²) in [4.78, 5) is 14.9. The summed E-state index contributed by atoms with van der Waals surface area (Å²) < 4.78 is 5.79. The number of allylic oxidation sites excluding steroid dienone is 2. The predicted molar refractivity (Wildman–Crippen MR) is 186 cm³/mol. The van der Waals surface area contributed by atoms with Crippen LogP contribution < -0.4 is 0 Å². The quantitative estimate of drug-likeness (QED) is 0.0464. The van der Waals surface area contributed by atoms with Crippen molar-refractivity contribution < 1.29 is 30.0 Å². The van der Waals surface area contributed by atoms with E-state index in [1.54, 1.807) is 4.90 Å². The molecule has 0 radical (unpaired) electrons. The summed E-state index contributed by atoms with van der Waals surface area (Å²) in [6.07, 6.45) is 28.8. The molecule has 266 valence electrons. The van der Waals surface area contributed by atoms with Crippen molar-refractivity contribution in [2.45, 2.75) is 211 Å². The van der Waals surface area contributed by atoms with Crippen LogP contribution in [-0.2, 0) is 9.53 Å². The van der Waals surface area contributed by atoms with E-state index >= 15 is 0 Å². The summed E-state index contributed by atoms with van der Waals surface area (Å²) in [5.74, 6) is -0.0972. The maximum absolute atomic E-state index is 13.4. The number of hydrogen-bond donors (Lipinski definition) is 4. The molecule has 0 spiro atoms. The molecule has 0 saturated carbocycles. The Hall–Kier alpha value is -0.990. The van der Waals surface area contributed by atoms with Gasteiger partial charge in [-0.25, -0.2) is 0 Å². The van der Waals surface area contributed by atoms with Crippen molar-refractivity contribution in [2.75, 3.05) is 13.2 Å². The van der Waals surface area contributed by atoms with Crippen LogP contribution in [0.3, 0.4) is 0 Å². The number of unbranched alkanes of at least 4 members (excludes halogenated alkanes) is 22. The Balaban J connectivity index is 2.36. The molecule has 1 amide bonds. The minimum Gasteiger partial charge on any atom is -0.394 e. The number of hydrogen-bond acceptors (Lipinski definition) is 6. The highest BCUT2D eigenvalue weighted by Gasteiger charge is 2.46. The van der Waals surface area contributed by atoms with Crippen LogP contribution >= 0.6 is 0 Å². The van der Waals surface area contributed by atoms with Crippen molar-refractivity contribution in [3.63, 3.8) is 0 Å². The second-order valence-electron chi connectivity index (χ2n) is 13.5. The number of rotatable bonds is 30. The molecule has 5 atom stereocenters.